The first-order chi connectivity index (χ1) is 10.3. The van der Waals surface area contributed by atoms with Crippen molar-refractivity contribution < 1.29 is 4.79 Å². The van der Waals surface area contributed by atoms with Crippen molar-refractivity contribution in [2.75, 3.05) is 0 Å². The smallest absolute Gasteiger partial charge is 0.134 e. The fourth-order valence-corrected chi connectivity index (χ4v) is 4.58. The number of carbonyl (C=O) groups is 1. The largest absolute Gasteiger partial charge is 0.300 e. The Kier molecular flexibility index (Phi) is 7.02. The molecule has 1 aliphatic rings. The number of unbranched alkanes of at least 4 members (excludes halogenated alkanes) is 1. The van der Waals surface area contributed by atoms with Gasteiger partial charge in [0, 0.05) is 11.6 Å². The minimum Gasteiger partial charge on any atom is -0.300 e. The lowest BCUT2D eigenvalue weighted by atomic mass is 9.63. The van der Waals surface area contributed by atoms with E-state index in [0.29, 0.717) is 11.7 Å². The molecule has 0 saturated carbocycles. The van der Waals surface area contributed by atoms with Crippen LogP contribution < -0.4 is 0 Å². The van der Waals surface area contributed by atoms with E-state index in [0.717, 1.165) is 18.8 Å². The molecule has 0 heterocycles. The summed E-state index contributed by atoms with van der Waals surface area (Å²) in [5.74, 6) is 1.45. The lowest BCUT2D eigenvalue weighted by Crippen LogP contribution is -2.37. The molecule has 22 heavy (non-hydrogen) atoms. The summed E-state index contributed by atoms with van der Waals surface area (Å²) in [6, 6.07) is 0. The van der Waals surface area contributed by atoms with E-state index in [1.54, 1.807) is 6.92 Å². The van der Waals surface area contributed by atoms with Crippen LogP contribution in [0, 0.1) is 23.2 Å². The zero-order chi connectivity index (χ0) is 16.9. The van der Waals surface area contributed by atoms with Crippen molar-refractivity contribution in [3.63, 3.8) is 0 Å². The molecular weight excluding hydrogens is 270 g/mol. The summed E-state index contributed by atoms with van der Waals surface area (Å²) >= 11 is 0. The van der Waals surface area contributed by atoms with E-state index in [9.17, 15) is 4.79 Å². The van der Waals surface area contributed by atoms with Crippen molar-refractivity contribution in [2.45, 2.75) is 80.1 Å². The third-order valence-electron chi connectivity index (χ3n) is 5.45. The summed E-state index contributed by atoms with van der Waals surface area (Å²) in [5.41, 5.74) is 2.43. The maximum absolute atomic E-state index is 12.2. The van der Waals surface area contributed by atoms with E-state index in [-0.39, 0.29) is 11.3 Å². The summed E-state index contributed by atoms with van der Waals surface area (Å²) in [6.45, 7) is 16.6. The third-order valence-corrected chi connectivity index (χ3v) is 5.45. The fraction of sp³-hybridized carbons (Fsp3) is 0.800. The van der Waals surface area contributed by atoms with Gasteiger partial charge < -0.3 is 0 Å². The molecule has 0 aromatic heterocycles. The summed E-state index contributed by atoms with van der Waals surface area (Å²) < 4.78 is 0. The Labute approximate surface area is 137 Å². The van der Waals surface area contributed by atoms with Gasteiger partial charge in [-0.15, -0.1) is 0 Å². The van der Waals surface area contributed by atoms with Crippen LogP contribution in [0.25, 0.3) is 0 Å². The molecule has 0 amide bonds. The van der Waals surface area contributed by atoms with Gasteiger partial charge in [0.2, 0.25) is 0 Å². The summed E-state index contributed by atoms with van der Waals surface area (Å²) in [7, 11) is 0. The maximum Gasteiger partial charge on any atom is 0.134 e. The molecule has 1 rings (SSSR count). The lowest BCUT2D eigenvalue weighted by molar-refractivity contribution is -0.125. The fourth-order valence-electron chi connectivity index (χ4n) is 4.58. The molecule has 0 N–H and O–H groups in total. The van der Waals surface area contributed by atoms with Crippen LogP contribution in [0.4, 0.5) is 0 Å². The van der Waals surface area contributed by atoms with E-state index in [4.69, 9.17) is 0 Å². The van der Waals surface area contributed by atoms with E-state index >= 15 is 0 Å². The molecular formula is C20H35NO. The average molecular weight is 306 g/mol. The highest BCUT2D eigenvalue weighted by Gasteiger charge is 2.40. The quantitative estimate of drug-likeness (QED) is 0.520. The van der Waals surface area contributed by atoms with E-state index in [1.807, 2.05) is 0 Å². The van der Waals surface area contributed by atoms with Gasteiger partial charge in [-0.3, -0.25) is 9.79 Å². The van der Waals surface area contributed by atoms with Gasteiger partial charge in [0.25, 0.3) is 0 Å². The van der Waals surface area contributed by atoms with Crippen molar-refractivity contribution in [1.82, 2.24) is 0 Å². The summed E-state index contributed by atoms with van der Waals surface area (Å²) in [4.78, 5) is 16.6. The number of Topliss-reactive ketones (excluding diaryl/α,β-unsaturated/α-hetero) is 1. The Morgan fingerprint density at radius 1 is 1.41 bits per heavy atom. The molecule has 1 unspecified atom stereocenters. The Morgan fingerprint density at radius 3 is 2.50 bits per heavy atom. The summed E-state index contributed by atoms with van der Waals surface area (Å²) in [6.07, 6.45) is 7.21. The van der Waals surface area contributed by atoms with E-state index in [2.05, 4.69) is 46.3 Å². The Bertz CT molecular complexity index is 431. The van der Waals surface area contributed by atoms with Crippen molar-refractivity contribution in [2.24, 2.45) is 28.2 Å². The van der Waals surface area contributed by atoms with Crippen molar-refractivity contribution in [3.8, 4) is 0 Å². The van der Waals surface area contributed by atoms with Gasteiger partial charge in [-0.05, 0) is 55.7 Å². The third kappa shape index (κ3) is 4.30. The minimum absolute atomic E-state index is 0.0615. The van der Waals surface area contributed by atoms with Crippen molar-refractivity contribution in [1.29, 1.82) is 0 Å². The van der Waals surface area contributed by atoms with E-state index in [1.165, 1.54) is 37.0 Å². The number of carbonyl (C=O) groups excluding carboxylic acids is 1. The van der Waals surface area contributed by atoms with Crippen molar-refractivity contribution in [3.05, 3.63) is 11.3 Å². The molecule has 2 atom stereocenters. The molecule has 0 fully saturated rings. The number of hydrogen-bond donors (Lipinski definition) is 0. The van der Waals surface area contributed by atoms with Crippen LogP contribution >= 0.6 is 0 Å². The zero-order valence-electron chi connectivity index (χ0n) is 15.5. The lowest BCUT2D eigenvalue weighted by Gasteiger charge is -2.41. The van der Waals surface area contributed by atoms with Gasteiger partial charge in [0.05, 0.1) is 0 Å². The van der Waals surface area contributed by atoms with Gasteiger partial charge in [-0.1, -0.05) is 53.9 Å². The molecule has 2 nitrogen and oxygen atoms in total. The molecule has 2 heteroatoms. The first-order valence-corrected chi connectivity index (χ1v) is 8.95. The van der Waals surface area contributed by atoms with Crippen LogP contribution in [-0.4, -0.2) is 12.5 Å². The predicted octanol–water partition coefficient (Wildman–Crippen LogP) is 5.82. The highest BCUT2D eigenvalue weighted by Crippen LogP contribution is 2.47. The SMILES string of the molecule is C=NC1=C(C(C)(C)C(C(C)=O)C(C)C)CC[C@H](CCCC)C1. The standard InChI is InChI=1S/C20H35NO/c1-8-9-10-16-11-12-17(18(13-16)21-7)20(5,6)19(14(2)3)15(4)22/h14,16,19H,7-13H2,1-6H3/t16-,19?/m0/s1. The molecule has 126 valence electrons. The van der Waals surface area contributed by atoms with Gasteiger partial charge in [0.1, 0.15) is 5.78 Å². The normalized spacial score (nSPS) is 21.1. The highest BCUT2D eigenvalue weighted by atomic mass is 16.1. The topological polar surface area (TPSA) is 29.4 Å². The second-order valence-electron chi connectivity index (χ2n) is 7.89. The van der Waals surface area contributed by atoms with Gasteiger partial charge in [0.15, 0.2) is 0 Å². The van der Waals surface area contributed by atoms with Crippen LogP contribution in [0.1, 0.15) is 80.1 Å². The minimum atomic E-state index is -0.119. The first kappa shape index (κ1) is 19.1. The molecule has 1 aliphatic carbocycles. The highest BCUT2D eigenvalue weighted by molar-refractivity contribution is 5.80. The zero-order valence-corrected chi connectivity index (χ0v) is 15.5. The molecule has 0 aliphatic heterocycles. The second kappa shape index (κ2) is 8.08. The van der Waals surface area contributed by atoms with Crippen LogP contribution in [0.15, 0.2) is 16.3 Å². The Balaban J connectivity index is 3.07. The van der Waals surface area contributed by atoms with Crippen LogP contribution in [0.2, 0.25) is 0 Å². The number of allylic oxidation sites excluding steroid dienone is 2. The molecule has 0 radical (unpaired) electrons. The molecule has 0 saturated heterocycles. The van der Waals surface area contributed by atoms with E-state index < -0.39 is 0 Å². The first-order valence-electron chi connectivity index (χ1n) is 8.95. The molecule has 0 aromatic rings. The van der Waals surface area contributed by atoms with Crippen LogP contribution in [-0.2, 0) is 4.79 Å². The second-order valence-corrected chi connectivity index (χ2v) is 7.89. The molecule has 0 spiro atoms. The number of rotatable bonds is 8. The number of hydrogen-bond acceptors (Lipinski definition) is 2. The monoisotopic (exact) mass is 305 g/mol. The number of aliphatic imine (C=N–C) groups is 1. The summed E-state index contributed by atoms with van der Waals surface area (Å²) in [5, 5.41) is 0. The van der Waals surface area contributed by atoms with Crippen molar-refractivity contribution >= 4 is 12.5 Å². The molecule has 0 bridgehead atoms. The molecule has 0 aromatic carbocycles. The average Bonchev–Trinajstić information content (AvgIpc) is 2.43. The van der Waals surface area contributed by atoms with Gasteiger partial charge in [-0.2, -0.15) is 0 Å². The predicted molar refractivity (Wildman–Crippen MR) is 96.2 cm³/mol. The van der Waals surface area contributed by atoms with Crippen LogP contribution in [0.5, 0.6) is 0 Å². The Morgan fingerprint density at radius 2 is 2.05 bits per heavy atom. The van der Waals surface area contributed by atoms with Crippen LogP contribution in [0.3, 0.4) is 0 Å². The van der Waals surface area contributed by atoms with Gasteiger partial charge in [-0.25, -0.2) is 0 Å². The van der Waals surface area contributed by atoms with Gasteiger partial charge >= 0.3 is 0 Å². The number of nitrogens with zero attached hydrogens (tertiary/aromatic N) is 1. The maximum atomic E-state index is 12.2. The Hall–Kier alpha value is -0.920. The number of ketones is 1.